The van der Waals surface area contributed by atoms with Gasteiger partial charge in [-0.3, -0.25) is 4.79 Å². The predicted octanol–water partition coefficient (Wildman–Crippen LogP) is 3.00. The van der Waals surface area contributed by atoms with E-state index in [1.807, 2.05) is 11.0 Å². The van der Waals surface area contributed by atoms with Gasteiger partial charge in [0.1, 0.15) is 0 Å². The molecule has 0 radical (unpaired) electrons. The fourth-order valence-corrected chi connectivity index (χ4v) is 4.06. The van der Waals surface area contributed by atoms with E-state index in [1.54, 1.807) is 0 Å². The summed E-state index contributed by atoms with van der Waals surface area (Å²) in [5.41, 5.74) is 1.31. The van der Waals surface area contributed by atoms with Gasteiger partial charge in [-0.1, -0.05) is 43.2 Å². The molecule has 1 saturated heterocycles. The first-order chi connectivity index (χ1) is 10.8. The molecular formula is C19H28N2O. The predicted molar refractivity (Wildman–Crippen MR) is 89.7 cm³/mol. The lowest BCUT2D eigenvalue weighted by Crippen LogP contribution is -2.46. The molecule has 0 bridgehead atoms. The lowest BCUT2D eigenvalue weighted by atomic mass is 9.85. The quantitative estimate of drug-likeness (QED) is 0.906. The molecule has 1 amide bonds. The van der Waals surface area contributed by atoms with Crippen LogP contribution in [0, 0.1) is 5.92 Å². The van der Waals surface area contributed by atoms with Crippen molar-refractivity contribution in [2.24, 2.45) is 5.92 Å². The number of nitrogens with zero attached hydrogens (tertiary/aromatic N) is 1. The zero-order valence-electron chi connectivity index (χ0n) is 13.6. The van der Waals surface area contributed by atoms with Crippen LogP contribution in [0.25, 0.3) is 0 Å². The summed E-state index contributed by atoms with van der Waals surface area (Å²) in [4.78, 5) is 14.8. The summed E-state index contributed by atoms with van der Waals surface area (Å²) in [6.45, 7) is 3.72. The van der Waals surface area contributed by atoms with Crippen molar-refractivity contribution in [1.29, 1.82) is 0 Å². The average molecular weight is 300 g/mol. The Kier molecular flexibility index (Phi) is 5.14. The van der Waals surface area contributed by atoms with Crippen LogP contribution in [0.3, 0.4) is 0 Å². The number of hydrogen-bond donors (Lipinski definition) is 1. The van der Waals surface area contributed by atoms with E-state index in [2.05, 4.69) is 36.5 Å². The number of amides is 1. The van der Waals surface area contributed by atoms with Gasteiger partial charge < -0.3 is 10.2 Å². The minimum absolute atomic E-state index is 0.0591. The Morgan fingerprint density at radius 2 is 2.00 bits per heavy atom. The average Bonchev–Trinajstić information content (AvgIpc) is 3.00. The molecule has 120 valence electrons. The number of nitrogens with one attached hydrogen (secondary N) is 1. The minimum Gasteiger partial charge on any atom is -0.341 e. The second-order valence-electron chi connectivity index (χ2n) is 6.76. The number of carbonyl (C=O) groups excluding carboxylic acids is 1. The molecule has 1 heterocycles. The van der Waals surface area contributed by atoms with Crippen LogP contribution in [0.5, 0.6) is 0 Å². The van der Waals surface area contributed by atoms with Crippen molar-refractivity contribution < 1.29 is 4.79 Å². The maximum Gasteiger partial charge on any atom is 0.239 e. The zero-order valence-corrected chi connectivity index (χ0v) is 13.6. The monoisotopic (exact) mass is 300 g/mol. The van der Waals surface area contributed by atoms with Crippen molar-refractivity contribution in [1.82, 2.24) is 10.2 Å². The lowest BCUT2D eigenvalue weighted by Gasteiger charge is -2.25. The van der Waals surface area contributed by atoms with Crippen molar-refractivity contribution in [2.45, 2.75) is 57.5 Å². The Morgan fingerprint density at radius 1 is 1.23 bits per heavy atom. The molecule has 0 spiro atoms. The second kappa shape index (κ2) is 7.28. The molecular weight excluding hydrogens is 272 g/mol. The number of rotatable bonds is 5. The third kappa shape index (κ3) is 3.52. The number of benzene rings is 1. The summed E-state index contributed by atoms with van der Waals surface area (Å²) in [5, 5.41) is 3.61. The topological polar surface area (TPSA) is 32.3 Å². The Balaban J connectivity index is 1.55. The van der Waals surface area contributed by atoms with Crippen LogP contribution in [0.2, 0.25) is 0 Å². The second-order valence-corrected chi connectivity index (χ2v) is 6.76. The third-order valence-corrected chi connectivity index (χ3v) is 5.37. The molecule has 1 aliphatic heterocycles. The van der Waals surface area contributed by atoms with Crippen molar-refractivity contribution in [2.75, 3.05) is 13.1 Å². The number of carbonyl (C=O) groups is 1. The normalized spacial score (nSPS) is 27.4. The maximum absolute atomic E-state index is 12.8. The molecule has 2 fully saturated rings. The summed E-state index contributed by atoms with van der Waals surface area (Å²) in [6, 6.07) is 11.1. The maximum atomic E-state index is 12.8. The number of hydrogen-bond acceptors (Lipinski definition) is 2. The highest BCUT2D eigenvalue weighted by Gasteiger charge is 2.39. The first kappa shape index (κ1) is 15.5. The van der Waals surface area contributed by atoms with E-state index in [4.69, 9.17) is 0 Å². The van der Waals surface area contributed by atoms with Gasteiger partial charge in [-0.25, -0.2) is 0 Å². The zero-order chi connectivity index (χ0) is 15.4. The van der Waals surface area contributed by atoms with Gasteiger partial charge in [0.2, 0.25) is 5.91 Å². The molecule has 1 aromatic carbocycles. The molecule has 22 heavy (non-hydrogen) atoms. The molecule has 3 rings (SSSR count). The lowest BCUT2D eigenvalue weighted by molar-refractivity contribution is -0.133. The van der Waals surface area contributed by atoms with Crippen LogP contribution < -0.4 is 5.32 Å². The van der Waals surface area contributed by atoms with Gasteiger partial charge >= 0.3 is 0 Å². The molecule has 1 saturated carbocycles. The standard InChI is InChI=1S/C19H28N2O/c1-2-21(13-12-15-8-4-3-5-9-15)19(22)18-14-16-10-6-7-11-17(16)20-18/h3-5,8-9,16-18,20H,2,6-7,10-14H2,1H3. The Morgan fingerprint density at radius 3 is 2.73 bits per heavy atom. The molecule has 3 nitrogen and oxygen atoms in total. The van der Waals surface area contributed by atoms with Gasteiger partial charge in [0.05, 0.1) is 6.04 Å². The van der Waals surface area contributed by atoms with Gasteiger partial charge in [0, 0.05) is 19.1 Å². The molecule has 3 heteroatoms. The molecule has 3 unspecified atom stereocenters. The first-order valence-corrected chi connectivity index (χ1v) is 8.86. The summed E-state index contributed by atoms with van der Waals surface area (Å²) in [5.74, 6) is 1.04. The van der Waals surface area contributed by atoms with Crippen molar-refractivity contribution in [3.05, 3.63) is 35.9 Å². The Hall–Kier alpha value is -1.35. The van der Waals surface area contributed by atoms with Crippen molar-refractivity contribution in [3.63, 3.8) is 0 Å². The highest BCUT2D eigenvalue weighted by Crippen LogP contribution is 2.33. The highest BCUT2D eigenvalue weighted by molar-refractivity contribution is 5.82. The van der Waals surface area contributed by atoms with Crippen LogP contribution in [-0.4, -0.2) is 36.0 Å². The summed E-state index contributed by atoms with van der Waals surface area (Å²) >= 11 is 0. The molecule has 3 atom stereocenters. The SMILES string of the molecule is CCN(CCc1ccccc1)C(=O)C1CC2CCCCC2N1. The van der Waals surface area contributed by atoms with Gasteiger partial charge in [-0.05, 0) is 44.1 Å². The van der Waals surface area contributed by atoms with E-state index in [0.29, 0.717) is 11.9 Å². The van der Waals surface area contributed by atoms with Gasteiger partial charge in [0.15, 0.2) is 0 Å². The first-order valence-electron chi connectivity index (χ1n) is 8.86. The van der Waals surface area contributed by atoms with E-state index in [-0.39, 0.29) is 6.04 Å². The third-order valence-electron chi connectivity index (χ3n) is 5.37. The largest absolute Gasteiger partial charge is 0.341 e. The summed E-state index contributed by atoms with van der Waals surface area (Å²) in [7, 11) is 0. The smallest absolute Gasteiger partial charge is 0.239 e. The van der Waals surface area contributed by atoms with Crippen LogP contribution in [0.15, 0.2) is 30.3 Å². The van der Waals surface area contributed by atoms with Gasteiger partial charge in [-0.15, -0.1) is 0 Å². The fourth-order valence-electron chi connectivity index (χ4n) is 4.06. The molecule has 1 aromatic rings. The number of likely N-dealkylation sites (N-methyl/N-ethyl adjacent to an activating group) is 1. The molecule has 1 aliphatic carbocycles. The van der Waals surface area contributed by atoms with E-state index >= 15 is 0 Å². The molecule has 0 aromatic heterocycles. The van der Waals surface area contributed by atoms with E-state index < -0.39 is 0 Å². The van der Waals surface area contributed by atoms with Crippen LogP contribution in [0.1, 0.15) is 44.6 Å². The van der Waals surface area contributed by atoms with E-state index in [1.165, 1.54) is 31.2 Å². The van der Waals surface area contributed by atoms with Gasteiger partial charge in [-0.2, -0.15) is 0 Å². The van der Waals surface area contributed by atoms with Crippen LogP contribution in [-0.2, 0) is 11.2 Å². The van der Waals surface area contributed by atoms with Crippen molar-refractivity contribution in [3.8, 4) is 0 Å². The summed E-state index contributed by atoms with van der Waals surface area (Å²) in [6.07, 6.45) is 7.21. The van der Waals surface area contributed by atoms with E-state index in [9.17, 15) is 4.79 Å². The number of fused-ring (bicyclic) bond motifs is 1. The minimum atomic E-state index is 0.0591. The van der Waals surface area contributed by atoms with Gasteiger partial charge in [0.25, 0.3) is 0 Å². The van der Waals surface area contributed by atoms with E-state index in [0.717, 1.165) is 31.8 Å². The highest BCUT2D eigenvalue weighted by atomic mass is 16.2. The fraction of sp³-hybridized carbons (Fsp3) is 0.632. The summed E-state index contributed by atoms with van der Waals surface area (Å²) < 4.78 is 0. The van der Waals surface area contributed by atoms with Crippen LogP contribution in [0.4, 0.5) is 0 Å². The van der Waals surface area contributed by atoms with Crippen LogP contribution >= 0.6 is 0 Å². The Labute approximate surface area is 134 Å². The molecule has 2 aliphatic rings. The molecule has 1 N–H and O–H groups in total. The Bertz CT molecular complexity index is 473. The van der Waals surface area contributed by atoms with Crippen molar-refractivity contribution >= 4 is 5.91 Å².